The summed E-state index contributed by atoms with van der Waals surface area (Å²) in [4.78, 5) is 10.4. The monoisotopic (exact) mass is 252 g/mol. The Bertz CT molecular complexity index is 425. The van der Waals surface area contributed by atoms with Crippen molar-refractivity contribution < 1.29 is 9.66 Å². The highest BCUT2D eigenvalue weighted by Gasteiger charge is 2.15. The lowest BCUT2D eigenvalue weighted by Crippen LogP contribution is -2.38. The molecule has 0 unspecified atom stereocenters. The molecule has 0 aliphatic carbocycles. The molecule has 0 aromatic heterocycles. The lowest BCUT2D eigenvalue weighted by molar-refractivity contribution is -0.385. The number of benzene rings is 1. The largest absolute Gasteiger partial charge is 0.485 e. The van der Waals surface area contributed by atoms with Crippen LogP contribution in [0.2, 0.25) is 0 Å². The number of hydrogen-bond donors (Lipinski definition) is 1. The third kappa shape index (κ3) is 4.71. The maximum atomic E-state index is 10.8. The summed E-state index contributed by atoms with van der Waals surface area (Å²) in [5, 5.41) is 14.1. The summed E-state index contributed by atoms with van der Waals surface area (Å²) in [6, 6.07) is 4.87. The number of aryl methyl sites for hydroxylation is 1. The van der Waals surface area contributed by atoms with Gasteiger partial charge in [-0.3, -0.25) is 10.1 Å². The highest BCUT2D eigenvalue weighted by molar-refractivity contribution is 5.48. The molecule has 0 heterocycles. The molecule has 0 fully saturated rings. The van der Waals surface area contributed by atoms with E-state index in [2.05, 4.69) is 26.1 Å². The van der Waals surface area contributed by atoms with Gasteiger partial charge in [0.05, 0.1) is 4.92 Å². The summed E-state index contributed by atoms with van der Waals surface area (Å²) in [5.74, 6) is 0.329. The Morgan fingerprint density at radius 2 is 2.06 bits per heavy atom. The van der Waals surface area contributed by atoms with Crippen molar-refractivity contribution in [2.45, 2.75) is 33.2 Å². The normalized spacial score (nSPS) is 11.3. The first-order valence-electron chi connectivity index (χ1n) is 5.92. The highest BCUT2D eigenvalue weighted by atomic mass is 16.6. The summed E-state index contributed by atoms with van der Waals surface area (Å²) in [7, 11) is 0. The van der Waals surface area contributed by atoms with Crippen LogP contribution in [-0.2, 0) is 0 Å². The molecule has 1 aromatic rings. The van der Waals surface area contributed by atoms with Gasteiger partial charge < -0.3 is 10.1 Å². The molecule has 0 aliphatic heterocycles. The first-order valence-corrected chi connectivity index (χ1v) is 5.92. The van der Waals surface area contributed by atoms with Crippen LogP contribution in [0.3, 0.4) is 0 Å². The van der Waals surface area contributed by atoms with Crippen LogP contribution in [0.25, 0.3) is 0 Å². The zero-order chi connectivity index (χ0) is 13.8. The van der Waals surface area contributed by atoms with Crippen molar-refractivity contribution in [2.75, 3.05) is 13.2 Å². The Kier molecular flexibility index (Phi) is 4.67. The maximum absolute atomic E-state index is 10.8. The van der Waals surface area contributed by atoms with Gasteiger partial charge in [0.2, 0.25) is 0 Å². The van der Waals surface area contributed by atoms with Crippen LogP contribution < -0.4 is 10.1 Å². The number of nitrogens with one attached hydrogen (secondary N) is 1. The third-order valence-electron chi connectivity index (χ3n) is 2.33. The molecule has 0 saturated carbocycles. The number of hydrogen-bond acceptors (Lipinski definition) is 4. The second-order valence-electron chi connectivity index (χ2n) is 5.25. The first kappa shape index (κ1) is 14.4. The molecular weight excluding hydrogens is 232 g/mol. The minimum Gasteiger partial charge on any atom is -0.485 e. The lowest BCUT2D eigenvalue weighted by atomic mass is 10.1. The number of rotatable bonds is 5. The van der Waals surface area contributed by atoms with Gasteiger partial charge >= 0.3 is 5.69 Å². The van der Waals surface area contributed by atoms with Crippen LogP contribution in [0.15, 0.2) is 18.2 Å². The number of ether oxygens (including phenoxy) is 1. The average Bonchev–Trinajstić information content (AvgIpc) is 2.22. The van der Waals surface area contributed by atoms with Crippen molar-refractivity contribution in [2.24, 2.45) is 0 Å². The molecule has 18 heavy (non-hydrogen) atoms. The lowest BCUT2D eigenvalue weighted by Gasteiger charge is -2.20. The van der Waals surface area contributed by atoms with Gasteiger partial charge in [-0.1, -0.05) is 6.07 Å². The van der Waals surface area contributed by atoms with Crippen LogP contribution in [0.1, 0.15) is 26.3 Å². The summed E-state index contributed by atoms with van der Waals surface area (Å²) in [6.45, 7) is 9.10. The minimum absolute atomic E-state index is 0.0105. The van der Waals surface area contributed by atoms with Gasteiger partial charge in [-0.15, -0.1) is 0 Å². The van der Waals surface area contributed by atoms with Gasteiger partial charge in [0.25, 0.3) is 0 Å². The zero-order valence-corrected chi connectivity index (χ0v) is 11.3. The molecule has 0 radical (unpaired) electrons. The van der Waals surface area contributed by atoms with Crippen molar-refractivity contribution in [3.8, 4) is 5.75 Å². The third-order valence-corrected chi connectivity index (χ3v) is 2.33. The zero-order valence-electron chi connectivity index (χ0n) is 11.3. The summed E-state index contributed by atoms with van der Waals surface area (Å²) >= 11 is 0. The van der Waals surface area contributed by atoms with Gasteiger partial charge in [-0.2, -0.15) is 0 Å². The molecule has 0 amide bonds. The fourth-order valence-corrected chi connectivity index (χ4v) is 1.47. The predicted octanol–water partition coefficient (Wildman–Crippen LogP) is 2.67. The molecule has 1 aromatic carbocycles. The standard InChI is InChI=1S/C13H20N2O3/c1-10-5-6-11(15(16)17)12(9-10)18-8-7-14-13(2,3)4/h5-6,9,14H,7-8H2,1-4H3. The Morgan fingerprint density at radius 1 is 1.39 bits per heavy atom. The van der Waals surface area contributed by atoms with Crippen LogP contribution >= 0.6 is 0 Å². The van der Waals surface area contributed by atoms with E-state index in [1.54, 1.807) is 12.1 Å². The van der Waals surface area contributed by atoms with E-state index in [1.807, 2.05) is 6.92 Å². The smallest absolute Gasteiger partial charge is 0.310 e. The fourth-order valence-electron chi connectivity index (χ4n) is 1.47. The first-order chi connectivity index (χ1) is 8.29. The van der Waals surface area contributed by atoms with E-state index in [0.717, 1.165) is 5.56 Å². The van der Waals surface area contributed by atoms with Gasteiger partial charge in [-0.25, -0.2) is 0 Å². The van der Waals surface area contributed by atoms with Crippen molar-refractivity contribution in [1.82, 2.24) is 5.32 Å². The molecule has 0 aliphatic rings. The summed E-state index contributed by atoms with van der Waals surface area (Å²) in [6.07, 6.45) is 0. The van der Waals surface area contributed by atoms with E-state index < -0.39 is 4.92 Å². The molecule has 0 bridgehead atoms. The van der Waals surface area contributed by atoms with Gasteiger partial charge in [0, 0.05) is 18.2 Å². The van der Waals surface area contributed by atoms with Crippen molar-refractivity contribution >= 4 is 5.69 Å². The molecule has 0 atom stereocenters. The summed E-state index contributed by atoms with van der Waals surface area (Å²) < 4.78 is 5.47. The Morgan fingerprint density at radius 3 is 2.61 bits per heavy atom. The van der Waals surface area contributed by atoms with E-state index in [9.17, 15) is 10.1 Å². The number of nitro benzene ring substituents is 1. The van der Waals surface area contributed by atoms with Gasteiger partial charge in [0.1, 0.15) is 6.61 Å². The molecule has 0 saturated heterocycles. The van der Waals surface area contributed by atoms with Crippen LogP contribution in [0, 0.1) is 17.0 Å². The van der Waals surface area contributed by atoms with E-state index in [0.29, 0.717) is 18.9 Å². The average molecular weight is 252 g/mol. The quantitative estimate of drug-likeness (QED) is 0.497. The Balaban J connectivity index is 2.61. The van der Waals surface area contributed by atoms with Crippen molar-refractivity contribution in [3.05, 3.63) is 33.9 Å². The van der Waals surface area contributed by atoms with Gasteiger partial charge in [0.15, 0.2) is 5.75 Å². The fraction of sp³-hybridized carbons (Fsp3) is 0.538. The van der Waals surface area contributed by atoms with E-state index in [4.69, 9.17) is 4.74 Å². The van der Waals surface area contributed by atoms with Crippen molar-refractivity contribution in [1.29, 1.82) is 0 Å². The topological polar surface area (TPSA) is 64.4 Å². The predicted molar refractivity (Wildman–Crippen MR) is 71.1 cm³/mol. The highest BCUT2D eigenvalue weighted by Crippen LogP contribution is 2.27. The number of nitrogens with zero attached hydrogens (tertiary/aromatic N) is 1. The maximum Gasteiger partial charge on any atom is 0.310 e. The Hall–Kier alpha value is -1.62. The number of nitro groups is 1. The van der Waals surface area contributed by atoms with E-state index >= 15 is 0 Å². The molecule has 5 heteroatoms. The second kappa shape index (κ2) is 5.82. The SMILES string of the molecule is Cc1ccc([N+](=O)[O-])c(OCCNC(C)(C)C)c1. The van der Waals surface area contributed by atoms with Crippen LogP contribution in [0.4, 0.5) is 5.69 Å². The van der Waals surface area contributed by atoms with Crippen LogP contribution in [0.5, 0.6) is 5.75 Å². The molecule has 100 valence electrons. The van der Waals surface area contributed by atoms with Gasteiger partial charge in [-0.05, 0) is 39.3 Å². The molecule has 1 N–H and O–H groups in total. The molecular formula is C13H20N2O3. The van der Waals surface area contributed by atoms with Crippen molar-refractivity contribution in [3.63, 3.8) is 0 Å². The second-order valence-corrected chi connectivity index (χ2v) is 5.25. The summed E-state index contributed by atoms with van der Waals surface area (Å²) in [5.41, 5.74) is 0.970. The molecule has 0 spiro atoms. The van der Waals surface area contributed by atoms with E-state index in [1.165, 1.54) is 6.07 Å². The Labute approximate surface area is 107 Å². The van der Waals surface area contributed by atoms with Crippen LogP contribution in [-0.4, -0.2) is 23.6 Å². The van der Waals surface area contributed by atoms with E-state index in [-0.39, 0.29) is 11.2 Å². The molecule has 5 nitrogen and oxygen atoms in total. The minimum atomic E-state index is -0.425. The molecule has 1 rings (SSSR count).